The fourth-order valence-corrected chi connectivity index (χ4v) is 5.85. The number of ether oxygens (including phenoxy) is 4. The van der Waals surface area contributed by atoms with Gasteiger partial charge in [-0.1, -0.05) is 13.0 Å². The molecule has 1 saturated carbocycles. The van der Waals surface area contributed by atoms with Gasteiger partial charge in [-0.3, -0.25) is 9.59 Å². The Balaban J connectivity index is 1.67. The average Bonchev–Trinajstić information content (AvgIpc) is 2.90. The van der Waals surface area contributed by atoms with Crippen LogP contribution in [0.25, 0.3) is 0 Å². The molecule has 216 valence electrons. The maximum absolute atomic E-state index is 13.3. The van der Waals surface area contributed by atoms with E-state index in [1.165, 1.54) is 12.0 Å². The van der Waals surface area contributed by atoms with Crippen LogP contribution in [-0.2, 0) is 33.3 Å². The van der Waals surface area contributed by atoms with Crippen LogP contribution in [0, 0.1) is 11.8 Å². The third-order valence-corrected chi connectivity index (χ3v) is 8.53. The number of methoxy groups -OCH3 is 2. The second-order valence-electron chi connectivity index (χ2n) is 11.2. The Morgan fingerprint density at radius 2 is 1.74 bits per heavy atom. The molecule has 9 atom stereocenters. The van der Waals surface area contributed by atoms with Crippen molar-refractivity contribution in [3.05, 3.63) is 11.6 Å². The van der Waals surface area contributed by atoms with Crippen molar-refractivity contribution in [2.45, 2.75) is 115 Å². The Morgan fingerprint density at radius 3 is 2.39 bits per heavy atom. The van der Waals surface area contributed by atoms with Gasteiger partial charge in [0.05, 0.1) is 24.4 Å². The zero-order valence-electron chi connectivity index (χ0n) is 23.6. The lowest BCUT2D eigenvalue weighted by Gasteiger charge is -2.44. The van der Waals surface area contributed by atoms with E-state index in [2.05, 4.69) is 6.08 Å². The minimum absolute atomic E-state index is 0.202. The third kappa shape index (κ3) is 6.65. The number of Topliss-reactive ketones (excluding diaryl/α,β-unsaturated/α-hetero) is 1. The molecule has 2 saturated heterocycles. The van der Waals surface area contributed by atoms with Crippen molar-refractivity contribution >= 4 is 17.7 Å². The second kappa shape index (κ2) is 13.0. The Labute approximate surface area is 225 Å². The van der Waals surface area contributed by atoms with E-state index in [0.717, 1.165) is 12.0 Å². The molecule has 2 heterocycles. The molecule has 9 unspecified atom stereocenters. The number of likely N-dealkylation sites (tertiary alicyclic amines) is 1. The van der Waals surface area contributed by atoms with E-state index in [-0.39, 0.29) is 24.7 Å². The van der Waals surface area contributed by atoms with Crippen molar-refractivity contribution < 1.29 is 43.5 Å². The van der Waals surface area contributed by atoms with Gasteiger partial charge in [0, 0.05) is 26.7 Å². The van der Waals surface area contributed by atoms with E-state index in [1.54, 1.807) is 27.9 Å². The number of allylic oxidation sites excluding steroid dienone is 1. The van der Waals surface area contributed by atoms with Gasteiger partial charge in [-0.25, -0.2) is 4.79 Å². The topological polar surface area (TPSA) is 132 Å². The van der Waals surface area contributed by atoms with Crippen LogP contribution in [0.5, 0.6) is 0 Å². The van der Waals surface area contributed by atoms with Gasteiger partial charge in [-0.2, -0.15) is 0 Å². The predicted octanol–water partition coefficient (Wildman–Crippen LogP) is 2.14. The number of carbonyl (C=O) groups is 3. The molecule has 0 aromatic carbocycles. The van der Waals surface area contributed by atoms with E-state index in [9.17, 15) is 24.6 Å². The summed E-state index contributed by atoms with van der Waals surface area (Å²) < 4.78 is 22.1. The van der Waals surface area contributed by atoms with Gasteiger partial charge in [-0.15, -0.1) is 0 Å². The first-order chi connectivity index (χ1) is 17.9. The highest BCUT2D eigenvalue weighted by Gasteiger charge is 2.54. The van der Waals surface area contributed by atoms with E-state index < -0.39 is 53.7 Å². The average molecular weight is 540 g/mol. The Hall–Kier alpha value is -1.85. The van der Waals surface area contributed by atoms with E-state index in [1.807, 2.05) is 6.92 Å². The van der Waals surface area contributed by atoms with Gasteiger partial charge in [0.2, 0.25) is 5.79 Å². The lowest BCUT2D eigenvalue weighted by molar-refractivity contribution is -0.282. The largest absolute Gasteiger partial charge is 0.457 e. The van der Waals surface area contributed by atoms with Crippen LogP contribution in [0.4, 0.5) is 0 Å². The standard InChI is InChI=1S/C28H45NO9/c1-16(13-20-10-11-22(30)24(15-20)36-6)18(3)37-27(33)21-9-7-8-12-29(21)26(32)25(31)28(34)17(2)14-23(35-5)19(4)38-28/h13,17-24,30,34H,7-12,14-15H2,1-6H3/b16-13+. The number of esters is 1. The van der Waals surface area contributed by atoms with Crippen LogP contribution in [0.2, 0.25) is 0 Å². The molecule has 3 fully saturated rings. The lowest BCUT2D eigenvalue weighted by atomic mass is 9.84. The van der Waals surface area contributed by atoms with Crippen molar-refractivity contribution in [2.24, 2.45) is 11.8 Å². The van der Waals surface area contributed by atoms with Gasteiger partial charge in [0.1, 0.15) is 12.1 Å². The van der Waals surface area contributed by atoms with Crippen molar-refractivity contribution in [3.63, 3.8) is 0 Å². The number of rotatable bonds is 8. The molecule has 1 amide bonds. The quantitative estimate of drug-likeness (QED) is 0.270. The fourth-order valence-electron chi connectivity index (χ4n) is 5.85. The molecule has 0 aromatic rings. The van der Waals surface area contributed by atoms with E-state index in [0.29, 0.717) is 38.5 Å². The SMILES string of the molecule is COC1CC(/C=C(\C)C(C)OC(=O)C2CCCCN2C(=O)C(=O)C2(O)OC(C)C(OC)CC2C)CCC1O. The van der Waals surface area contributed by atoms with E-state index >= 15 is 0 Å². The number of piperidine rings is 1. The summed E-state index contributed by atoms with van der Waals surface area (Å²) in [6.45, 7) is 7.22. The Morgan fingerprint density at radius 1 is 1.05 bits per heavy atom. The fraction of sp³-hybridized carbons (Fsp3) is 0.821. The number of amides is 1. The summed E-state index contributed by atoms with van der Waals surface area (Å²) in [6.07, 6.45) is 4.21. The minimum atomic E-state index is -2.28. The Bertz CT molecular complexity index is 892. The summed E-state index contributed by atoms with van der Waals surface area (Å²) in [5, 5.41) is 21.2. The van der Waals surface area contributed by atoms with Gasteiger partial charge >= 0.3 is 5.97 Å². The van der Waals surface area contributed by atoms with Crippen LogP contribution in [-0.4, -0.2) is 95.9 Å². The van der Waals surface area contributed by atoms with Gasteiger partial charge < -0.3 is 34.1 Å². The molecule has 2 aliphatic heterocycles. The van der Waals surface area contributed by atoms with Crippen molar-refractivity contribution in [3.8, 4) is 0 Å². The highest BCUT2D eigenvalue weighted by molar-refractivity contribution is 6.39. The third-order valence-electron chi connectivity index (χ3n) is 8.53. The summed E-state index contributed by atoms with van der Waals surface area (Å²) in [4.78, 5) is 41.1. The van der Waals surface area contributed by atoms with Crippen LogP contribution < -0.4 is 0 Å². The van der Waals surface area contributed by atoms with Crippen molar-refractivity contribution in [1.82, 2.24) is 4.90 Å². The predicted molar refractivity (Wildman–Crippen MR) is 138 cm³/mol. The molecule has 10 heteroatoms. The number of aliphatic hydroxyl groups is 2. The van der Waals surface area contributed by atoms with Crippen LogP contribution in [0.3, 0.4) is 0 Å². The summed E-state index contributed by atoms with van der Waals surface area (Å²) in [6, 6.07) is -0.912. The molecule has 1 aliphatic carbocycles. The monoisotopic (exact) mass is 539 g/mol. The van der Waals surface area contributed by atoms with Crippen LogP contribution in [0.15, 0.2) is 11.6 Å². The molecule has 38 heavy (non-hydrogen) atoms. The first kappa shape index (κ1) is 30.7. The highest BCUT2D eigenvalue weighted by atomic mass is 16.7. The van der Waals surface area contributed by atoms with Crippen LogP contribution in [0.1, 0.15) is 72.6 Å². The number of carbonyl (C=O) groups excluding carboxylic acids is 3. The second-order valence-corrected chi connectivity index (χ2v) is 11.2. The summed E-state index contributed by atoms with van der Waals surface area (Å²) in [5.41, 5.74) is 0.875. The smallest absolute Gasteiger partial charge is 0.329 e. The van der Waals surface area contributed by atoms with Crippen molar-refractivity contribution in [2.75, 3.05) is 20.8 Å². The first-order valence-electron chi connectivity index (χ1n) is 13.8. The molecule has 0 radical (unpaired) electrons. The molecule has 3 aliphatic rings. The molecular weight excluding hydrogens is 494 g/mol. The zero-order valence-corrected chi connectivity index (χ0v) is 23.6. The molecule has 0 spiro atoms. The number of hydrogen-bond acceptors (Lipinski definition) is 9. The zero-order chi connectivity index (χ0) is 28.2. The molecule has 2 N–H and O–H groups in total. The number of hydrogen-bond donors (Lipinski definition) is 2. The van der Waals surface area contributed by atoms with Gasteiger partial charge in [-0.05, 0) is 77.2 Å². The summed E-state index contributed by atoms with van der Waals surface area (Å²) in [7, 11) is 3.13. The molecule has 10 nitrogen and oxygen atoms in total. The first-order valence-corrected chi connectivity index (χ1v) is 13.8. The van der Waals surface area contributed by atoms with Crippen LogP contribution >= 0.6 is 0 Å². The number of nitrogens with zero attached hydrogens (tertiary/aromatic N) is 1. The Kier molecular flexibility index (Phi) is 10.5. The lowest BCUT2D eigenvalue weighted by Crippen LogP contribution is -2.62. The highest BCUT2D eigenvalue weighted by Crippen LogP contribution is 2.35. The number of ketones is 1. The molecule has 3 rings (SSSR count). The number of aliphatic hydroxyl groups excluding tert-OH is 1. The van der Waals surface area contributed by atoms with E-state index in [4.69, 9.17) is 18.9 Å². The molecular formula is C28H45NO9. The minimum Gasteiger partial charge on any atom is -0.457 e. The normalized spacial score (nSPS) is 37.4. The maximum Gasteiger partial charge on any atom is 0.329 e. The van der Waals surface area contributed by atoms with Gasteiger partial charge in [0.25, 0.3) is 11.7 Å². The summed E-state index contributed by atoms with van der Waals surface area (Å²) in [5.74, 6) is -5.32. The molecule has 0 bridgehead atoms. The molecule has 0 aromatic heterocycles. The van der Waals surface area contributed by atoms with Crippen molar-refractivity contribution in [1.29, 1.82) is 0 Å². The summed E-state index contributed by atoms with van der Waals surface area (Å²) >= 11 is 0. The van der Waals surface area contributed by atoms with Gasteiger partial charge in [0.15, 0.2) is 0 Å². The maximum atomic E-state index is 13.3.